The minimum atomic E-state index is 0.0331. The van der Waals surface area contributed by atoms with Crippen LogP contribution in [0.3, 0.4) is 0 Å². The van der Waals surface area contributed by atoms with E-state index in [2.05, 4.69) is 16.0 Å². The molecular formula is C23H29N4O2+. The lowest BCUT2D eigenvalue weighted by molar-refractivity contribution is -0.364. The van der Waals surface area contributed by atoms with E-state index in [1.165, 1.54) is 0 Å². The van der Waals surface area contributed by atoms with Gasteiger partial charge >= 0.3 is 0 Å². The molecule has 1 N–H and O–H groups in total. The number of H-pyrrole nitrogens is 1. The van der Waals surface area contributed by atoms with E-state index in [1.54, 1.807) is 0 Å². The van der Waals surface area contributed by atoms with Crippen molar-refractivity contribution < 1.29 is 14.6 Å². The van der Waals surface area contributed by atoms with Gasteiger partial charge in [-0.3, -0.25) is 14.5 Å². The number of carbonyl (C=O) groups excluding carboxylic acids is 2. The first-order valence-corrected chi connectivity index (χ1v) is 10.5. The number of likely N-dealkylation sites (tertiary alicyclic amines) is 1. The Balaban J connectivity index is 1.28. The molecule has 0 atom stereocenters. The Kier molecular flexibility index (Phi) is 5.79. The maximum Gasteiger partial charge on any atom is 0.274 e. The topological polar surface area (TPSA) is 58.0 Å². The predicted molar refractivity (Wildman–Crippen MR) is 112 cm³/mol. The average molecular weight is 394 g/mol. The molecule has 1 aromatic heterocycles. The number of piperidine rings is 1. The van der Waals surface area contributed by atoms with Gasteiger partial charge < -0.3 is 9.80 Å². The summed E-state index contributed by atoms with van der Waals surface area (Å²) in [7, 11) is 0. The number of hydrogen-bond donors (Lipinski definition) is 0. The van der Waals surface area contributed by atoms with Crippen molar-refractivity contribution in [3.05, 3.63) is 59.8 Å². The molecule has 2 fully saturated rings. The van der Waals surface area contributed by atoms with Crippen molar-refractivity contribution in [2.75, 3.05) is 44.2 Å². The highest BCUT2D eigenvalue weighted by molar-refractivity contribution is 5.95. The van der Waals surface area contributed by atoms with E-state index in [-0.39, 0.29) is 17.7 Å². The summed E-state index contributed by atoms with van der Waals surface area (Å²) < 4.78 is 0. The molecule has 1 aromatic carbocycles. The highest BCUT2D eigenvalue weighted by Gasteiger charge is 2.33. The number of aryl methyl sites for hydroxylation is 1. The van der Waals surface area contributed by atoms with Gasteiger partial charge in [-0.15, -0.1) is 0 Å². The molecule has 2 aromatic rings. The largest absolute Gasteiger partial charge is 0.339 e. The van der Waals surface area contributed by atoms with Gasteiger partial charge in [-0.05, 0) is 37.5 Å². The van der Waals surface area contributed by atoms with E-state index < -0.39 is 0 Å². The highest BCUT2D eigenvalue weighted by Crippen LogP contribution is 2.23. The van der Waals surface area contributed by atoms with Crippen molar-refractivity contribution in [1.29, 1.82) is 0 Å². The van der Waals surface area contributed by atoms with Gasteiger partial charge in [0.15, 0.2) is 0 Å². The lowest BCUT2D eigenvalue weighted by atomic mass is 9.94. The van der Waals surface area contributed by atoms with Gasteiger partial charge in [0.2, 0.25) is 5.91 Å². The molecule has 3 heterocycles. The average Bonchev–Trinajstić information content (AvgIpc) is 2.79. The molecule has 2 aliphatic heterocycles. The third kappa shape index (κ3) is 4.26. The van der Waals surface area contributed by atoms with Gasteiger partial charge in [0.25, 0.3) is 11.7 Å². The summed E-state index contributed by atoms with van der Waals surface area (Å²) in [5, 5.41) is 0. The number of anilines is 1. The highest BCUT2D eigenvalue weighted by atomic mass is 16.2. The normalized spacial score (nSPS) is 18.0. The second-order valence-electron chi connectivity index (χ2n) is 7.94. The molecule has 0 radical (unpaired) electrons. The van der Waals surface area contributed by atoms with E-state index in [9.17, 15) is 9.59 Å². The predicted octanol–water partition coefficient (Wildman–Crippen LogP) is 2.01. The number of pyridine rings is 1. The molecule has 0 saturated carbocycles. The van der Waals surface area contributed by atoms with Crippen molar-refractivity contribution in [1.82, 2.24) is 9.80 Å². The monoisotopic (exact) mass is 393 g/mol. The maximum atomic E-state index is 13.0. The Bertz CT molecular complexity index is 854. The fourth-order valence-corrected chi connectivity index (χ4v) is 4.32. The summed E-state index contributed by atoms with van der Waals surface area (Å²) in [6.45, 7) is 6.48. The van der Waals surface area contributed by atoms with Crippen LogP contribution in [0.5, 0.6) is 0 Å². The molecule has 4 rings (SSSR count). The summed E-state index contributed by atoms with van der Waals surface area (Å²) in [6, 6.07) is 13.8. The standard InChI is InChI=1S/C23H28N4O2/c1-18-6-2-3-7-20(18)23(29)26-12-9-19(10-13-26)22(28)27-16-14-25(15-17-27)21-8-4-5-11-24-21/h2-8,11,19H,9-10,12-17H2,1H3/p+1. The summed E-state index contributed by atoms with van der Waals surface area (Å²) in [5.41, 5.74) is 1.77. The zero-order chi connectivity index (χ0) is 20.2. The molecular weight excluding hydrogens is 364 g/mol. The van der Waals surface area contributed by atoms with Crippen LogP contribution in [0, 0.1) is 12.8 Å². The van der Waals surface area contributed by atoms with Gasteiger partial charge in [0, 0.05) is 30.6 Å². The van der Waals surface area contributed by atoms with E-state index >= 15 is 0 Å². The number of benzene rings is 1. The molecule has 2 aliphatic rings. The van der Waals surface area contributed by atoms with Crippen molar-refractivity contribution >= 4 is 17.6 Å². The van der Waals surface area contributed by atoms with Crippen LogP contribution in [0.4, 0.5) is 5.82 Å². The summed E-state index contributed by atoms with van der Waals surface area (Å²) in [6.07, 6.45) is 3.44. The van der Waals surface area contributed by atoms with Crippen LogP contribution < -0.4 is 9.88 Å². The van der Waals surface area contributed by atoms with E-state index in [4.69, 9.17) is 0 Å². The fourth-order valence-electron chi connectivity index (χ4n) is 4.32. The smallest absolute Gasteiger partial charge is 0.274 e. The van der Waals surface area contributed by atoms with Crippen molar-refractivity contribution in [3.63, 3.8) is 0 Å². The molecule has 0 bridgehead atoms. The van der Waals surface area contributed by atoms with Gasteiger partial charge in [0.05, 0.1) is 19.3 Å². The summed E-state index contributed by atoms with van der Waals surface area (Å²) in [4.78, 5) is 35.2. The number of aromatic amines is 1. The van der Waals surface area contributed by atoms with E-state index in [0.29, 0.717) is 13.1 Å². The number of rotatable bonds is 3. The summed E-state index contributed by atoms with van der Waals surface area (Å²) >= 11 is 0. The molecule has 6 heteroatoms. The van der Waals surface area contributed by atoms with Crippen LogP contribution >= 0.6 is 0 Å². The lowest BCUT2D eigenvalue weighted by Gasteiger charge is -2.36. The number of aromatic nitrogens is 1. The number of nitrogens with zero attached hydrogens (tertiary/aromatic N) is 3. The molecule has 152 valence electrons. The van der Waals surface area contributed by atoms with Gasteiger partial charge in [-0.2, -0.15) is 0 Å². The SMILES string of the molecule is Cc1ccccc1C(=O)N1CCC(C(=O)N2CCN(c3cccc[nH+]3)CC2)CC1. The zero-order valence-corrected chi connectivity index (χ0v) is 17.0. The Morgan fingerprint density at radius 1 is 0.862 bits per heavy atom. The molecule has 6 nitrogen and oxygen atoms in total. The van der Waals surface area contributed by atoms with Gasteiger partial charge in [-0.1, -0.05) is 24.3 Å². The number of amides is 2. The minimum absolute atomic E-state index is 0.0331. The molecule has 0 unspecified atom stereocenters. The van der Waals surface area contributed by atoms with E-state index in [0.717, 1.165) is 56.0 Å². The zero-order valence-electron chi connectivity index (χ0n) is 17.0. The van der Waals surface area contributed by atoms with Crippen LogP contribution in [0.25, 0.3) is 0 Å². The van der Waals surface area contributed by atoms with Crippen LogP contribution in [0.15, 0.2) is 48.7 Å². The van der Waals surface area contributed by atoms with Crippen molar-refractivity contribution in [3.8, 4) is 0 Å². The maximum absolute atomic E-state index is 13.0. The Labute approximate surface area is 172 Å². The number of piperazine rings is 1. The lowest BCUT2D eigenvalue weighted by Crippen LogP contribution is -2.52. The number of hydrogen-bond acceptors (Lipinski definition) is 3. The Morgan fingerprint density at radius 2 is 1.55 bits per heavy atom. The molecule has 0 aliphatic carbocycles. The molecule has 29 heavy (non-hydrogen) atoms. The number of nitrogens with one attached hydrogen (secondary N) is 1. The minimum Gasteiger partial charge on any atom is -0.339 e. The third-order valence-corrected chi connectivity index (χ3v) is 6.13. The van der Waals surface area contributed by atoms with Crippen LogP contribution in [-0.4, -0.2) is 60.9 Å². The van der Waals surface area contributed by atoms with Crippen LogP contribution in [-0.2, 0) is 4.79 Å². The van der Waals surface area contributed by atoms with Crippen LogP contribution in [0.1, 0.15) is 28.8 Å². The molecule has 2 saturated heterocycles. The van der Waals surface area contributed by atoms with Gasteiger partial charge in [-0.25, -0.2) is 4.98 Å². The first-order chi connectivity index (χ1) is 14.1. The first-order valence-electron chi connectivity index (χ1n) is 10.5. The Morgan fingerprint density at radius 3 is 2.21 bits per heavy atom. The van der Waals surface area contributed by atoms with Crippen molar-refractivity contribution in [2.45, 2.75) is 19.8 Å². The van der Waals surface area contributed by atoms with Gasteiger partial charge in [0.1, 0.15) is 13.1 Å². The molecule has 0 spiro atoms. The second kappa shape index (κ2) is 8.64. The first kappa shape index (κ1) is 19.4. The molecule has 2 amide bonds. The number of carbonyl (C=O) groups is 2. The van der Waals surface area contributed by atoms with E-state index in [1.807, 2.05) is 59.3 Å². The quantitative estimate of drug-likeness (QED) is 0.802. The van der Waals surface area contributed by atoms with Crippen molar-refractivity contribution in [2.24, 2.45) is 5.92 Å². The third-order valence-electron chi connectivity index (χ3n) is 6.13. The van der Waals surface area contributed by atoms with Crippen LogP contribution in [0.2, 0.25) is 0 Å². The second-order valence-corrected chi connectivity index (χ2v) is 7.94. The fraction of sp³-hybridized carbons (Fsp3) is 0.435. The Hall–Kier alpha value is -2.89. The summed E-state index contributed by atoms with van der Waals surface area (Å²) in [5.74, 6) is 1.47.